The number of cyclic esters (lactones) is 1. The number of nitrogens with zero attached hydrogens (tertiary/aromatic N) is 2. The van der Waals surface area contributed by atoms with E-state index in [4.69, 9.17) is 10.5 Å². The Balaban J connectivity index is 1.81. The van der Waals surface area contributed by atoms with Gasteiger partial charge in [-0.3, -0.25) is 52.7 Å². The van der Waals surface area contributed by atoms with E-state index in [9.17, 15) is 62.6 Å². The molecular formula is C51H76N10O14. The van der Waals surface area contributed by atoms with Gasteiger partial charge in [0, 0.05) is 26.4 Å². The number of carbonyl (C=O) groups excluding carboxylic acids is 12. The number of amides is 10. The largest absolute Gasteiger partial charge is 0.508 e. The third-order valence-corrected chi connectivity index (χ3v) is 13.3. The third kappa shape index (κ3) is 18.0. The van der Waals surface area contributed by atoms with Crippen molar-refractivity contribution in [2.75, 3.05) is 26.2 Å². The van der Waals surface area contributed by atoms with Crippen LogP contribution in [0.4, 0.5) is 0 Å². The highest BCUT2D eigenvalue weighted by molar-refractivity contribution is 6.04. The van der Waals surface area contributed by atoms with Crippen LogP contribution in [0.3, 0.4) is 0 Å². The van der Waals surface area contributed by atoms with E-state index in [2.05, 4.69) is 37.2 Å². The predicted octanol–water partition coefficient (Wildman–Crippen LogP) is -1.26. The molecule has 3 aliphatic heterocycles. The fourth-order valence-corrected chi connectivity index (χ4v) is 9.36. The van der Waals surface area contributed by atoms with Crippen LogP contribution >= 0.6 is 0 Å². The van der Waals surface area contributed by atoms with Crippen LogP contribution < -0.4 is 43.0 Å². The predicted molar refractivity (Wildman–Crippen MR) is 269 cm³/mol. The zero-order valence-corrected chi connectivity index (χ0v) is 44.2. The second-order valence-electron chi connectivity index (χ2n) is 20.8. The maximum Gasteiger partial charge on any atom is 0.328 e. The average Bonchev–Trinajstić information content (AvgIpc) is 3.99. The first-order chi connectivity index (χ1) is 35.3. The second-order valence-corrected chi connectivity index (χ2v) is 20.8. The van der Waals surface area contributed by atoms with Crippen molar-refractivity contribution in [3.63, 3.8) is 0 Å². The molecule has 1 aromatic carbocycles. The minimum absolute atomic E-state index is 0.00267. The number of benzene rings is 1. The number of esters is 1. The van der Waals surface area contributed by atoms with Crippen molar-refractivity contribution in [1.29, 1.82) is 0 Å². The third-order valence-electron chi connectivity index (χ3n) is 13.3. The van der Waals surface area contributed by atoms with Gasteiger partial charge in [0.1, 0.15) is 54.6 Å². The number of hydrogen-bond donors (Lipinski definition) is 9. The highest BCUT2D eigenvalue weighted by atomic mass is 16.5. The molecule has 10 amide bonds. The molecule has 0 aromatic heterocycles. The molecule has 24 heteroatoms. The van der Waals surface area contributed by atoms with Gasteiger partial charge in [-0.05, 0) is 73.5 Å². The molecule has 414 valence electrons. The Bertz CT molecular complexity index is 2290. The number of aromatic hydroxyl groups is 1. The number of rotatable bonds is 13. The van der Waals surface area contributed by atoms with Gasteiger partial charge in [0.05, 0.1) is 25.4 Å². The fraction of sp³-hybridized carbons (Fsp3) is 0.647. The number of phenols is 1. The molecule has 3 saturated heterocycles. The van der Waals surface area contributed by atoms with E-state index in [1.54, 1.807) is 48.5 Å². The number of hydrogen-bond acceptors (Lipinski definition) is 14. The summed E-state index contributed by atoms with van der Waals surface area (Å²) in [5.74, 6) is -11.2. The van der Waals surface area contributed by atoms with E-state index < -0.39 is 151 Å². The van der Waals surface area contributed by atoms with Crippen molar-refractivity contribution in [2.45, 2.75) is 162 Å². The number of primary amides is 1. The molecule has 75 heavy (non-hydrogen) atoms. The summed E-state index contributed by atoms with van der Waals surface area (Å²) in [5, 5.41) is 27.8. The van der Waals surface area contributed by atoms with E-state index >= 15 is 0 Å². The Morgan fingerprint density at radius 3 is 2.03 bits per heavy atom. The van der Waals surface area contributed by atoms with Gasteiger partial charge in [0.25, 0.3) is 0 Å². The van der Waals surface area contributed by atoms with Gasteiger partial charge in [-0.15, -0.1) is 0 Å². The lowest BCUT2D eigenvalue weighted by molar-refractivity contribution is -0.157. The molecule has 4 rings (SSSR count). The summed E-state index contributed by atoms with van der Waals surface area (Å²) in [6.45, 7) is 12.1. The number of nitrogens with two attached hydrogens (primary N) is 1. The lowest BCUT2D eigenvalue weighted by Crippen LogP contribution is -2.60. The van der Waals surface area contributed by atoms with Gasteiger partial charge in [0.2, 0.25) is 59.1 Å². The first kappa shape index (κ1) is 60.4. The van der Waals surface area contributed by atoms with Crippen LogP contribution in [0.5, 0.6) is 5.75 Å². The van der Waals surface area contributed by atoms with Crippen molar-refractivity contribution < 1.29 is 67.4 Å². The minimum Gasteiger partial charge on any atom is -0.508 e. The standard InChI is InChI=1S/C51H76N10O14/c1-9-29(7)44(54-30(8)62)48(71)59-37-25-75-51(74)38-11-10-16-60(38)49(72)36(20-31-12-14-32(63)15-13-31)58-46(69)35(21-41(52)65)56-43(67)23-53-45(68)34(18-27(4)5)55-42(66)22-40(64)33(17-26(2)3)57-47(70)39-19-28(6)24-61(39)50(37)73/h12-15,26-29,33-39,44,63H,9-11,16-25H2,1-8H3,(H2,52,65)(H,53,68)(H,54,62)(H,55,66)(H,56,67)(H,57,70)(H,58,69)(H,59,71). The number of Topliss-reactive ketones (excluding diaryl/α,β-unsaturated/α-hetero) is 1. The highest BCUT2D eigenvalue weighted by Gasteiger charge is 2.45. The van der Waals surface area contributed by atoms with Crippen LogP contribution in [0.2, 0.25) is 0 Å². The molecule has 3 heterocycles. The monoisotopic (exact) mass is 1050 g/mol. The van der Waals surface area contributed by atoms with Crippen LogP contribution in [0.25, 0.3) is 0 Å². The molecule has 10 N–H and O–H groups in total. The molecule has 1 aromatic rings. The number of fused-ring (bicyclic) bond motifs is 2. The molecular weight excluding hydrogens is 977 g/mol. The Labute approximate surface area is 436 Å². The SMILES string of the molecule is CCC(C)C(NC(C)=O)C(=O)NC1COC(=O)C2CCCN2C(=O)C(Cc2ccc(O)cc2)NC(=O)C(CC(N)=O)NC(=O)CNC(=O)C(CC(C)C)NC(=O)CC(=O)C(CC(C)C)NC(=O)C2CC(C)CN2C1=O. The molecule has 3 aliphatic rings. The number of nitrogens with one attached hydrogen (secondary N) is 7. The van der Waals surface area contributed by atoms with E-state index in [0.29, 0.717) is 12.0 Å². The summed E-state index contributed by atoms with van der Waals surface area (Å²) >= 11 is 0. The number of phenolic OH excluding ortho intramolecular Hbond substituents is 1. The van der Waals surface area contributed by atoms with Crippen molar-refractivity contribution in [3.05, 3.63) is 29.8 Å². The molecule has 0 bridgehead atoms. The summed E-state index contributed by atoms with van der Waals surface area (Å²) in [7, 11) is 0. The first-order valence-corrected chi connectivity index (χ1v) is 25.7. The zero-order chi connectivity index (χ0) is 55.8. The van der Waals surface area contributed by atoms with Crippen molar-refractivity contribution in [1.82, 2.24) is 47.0 Å². The van der Waals surface area contributed by atoms with Crippen molar-refractivity contribution in [2.24, 2.45) is 29.4 Å². The quantitative estimate of drug-likeness (QED) is 0.0823. The van der Waals surface area contributed by atoms with Crippen molar-refractivity contribution in [3.8, 4) is 5.75 Å². The molecule has 10 unspecified atom stereocenters. The molecule has 0 aliphatic carbocycles. The number of ether oxygens (including phenoxy) is 1. The van der Waals surface area contributed by atoms with E-state index in [0.717, 1.165) is 0 Å². The van der Waals surface area contributed by atoms with E-state index in [1.807, 2.05) is 0 Å². The molecule has 24 nitrogen and oxygen atoms in total. The summed E-state index contributed by atoms with van der Waals surface area (Å²) in [6.07, 6.45) is -0.682. The first-order valence-electron chi connectivity index (χ1n) is 25.7. The maximum absolute atomic E-state index is 14.8. The highest BCUT2D eigenvalue weighted by Crippen LogP contribution is 2.26. The average molecular weight is 1050 g/mol. The van der Waals surface area contributed by atoms with Crippen LogP contribution in [0.15, 0.2) is 24.3 Å². The molecule has 0 spiro atoms. The lowest BCUT2D eigenvalue weighted by atomic mass is 9.97. The number of carbonyl (C=O) groups is 12. The summed E-state index contributed by atoms with van der Waals surface area (Å²) in [5.41, 5.74) is 5.93. The van der Waals surface area contributed by atoms with Gasteiger partial charge in [-0.2, -0.15) is 0 Å². The normalized spacial score (nSPS) is 26.1. The summed E-state index contributed by atoms with van der Waals surface area (Å²) in [6, 6.07) is -5.25. The minimum atomic E-state index is -1.69. The maximum atomic E-state index is 14.8. The Hall–Kier alpha value is -7.14. The van der Waals surface area contributed by atoms with Gasteiger partial charge < -0.3 is 62.6 Å². The van der Waals surface area contributed by atoms with Crippen LogP contribution in [-0.4, -0.2) is 160 Å². The van der Waals surface area contributed by atoms with Crippen LogP contribution in [0.1, 0.15) is 112 Å². The summed E-state index contributed by atoms with van der Waals surface area (Å²) in [4.78, 5) is 167. The Morgan fingerprint density at radius 2 is 1.41 bits per heavy atom. The topological polar surface area (TPSA) is 351 Å². The fourth-order valence-electron chi connectivity index (χ4n) is 9.36. The molecule has 10 atom stereocenters. The smallest absolute Gasteiger partial charge is 0.328 e. The zero-order valence-electron chi connectivity index (χ0n) is 44.2. The number of ketones is 1. The van der Waals surface area contributed by atoms with Gasteiger partial charge in [0.15, 0.2) is 5.78 Å². The van der Waals surface area contributed by atoms with Crippen LogP contribution in [0, 0.1) is 23.7 Å². The van der Waals surface area contributed by atoms with E-state index in [-0.39, 0.29) is 75.1 Å². The van der Waals surface area contributed by atoms with Crippen LogP contribution in [-0.2, 0) is 68.7 Å². The summed E-state index contributed by atoms with van der Waals surface area (Å²) < 4.78 is 5.78. The van der Waals surface area contributed by atoms with Gasteiger partial charge in [-0.25, -0.2) is 4.79 Å². The van der Waals surface area contributed by atoms with E-state index in [1.165, 1.54) is 41.0 Å². The molecule has 0 saturated carbocycles. The Kier molecular flexibility index (Phi) is 22.5. The van der Waals surface area contributed by atoms with Gasteiger partial charge >= 0.3 is 5.97 Å². The second kappa shape index (κ2) is 28.0. The Morgan fingerprint density at radius 1 is 0.787 bits per heavy atom. The van der Waals surface area contributed by atoms with Gasteiger partial charge in [-0.1, -0.05) is 67.0 Å². The molecule has 0 radical (unpaired) electrons. The van der Waals surface area contributed by atoms with Crippen molar-refractivity contribution >= 4 is 70.8 Å². The lowest BCUT2D eigenvalue weighted by Gasteiger charge is -2.32. The molecule has 3 fully saturated rings.